The minimum absolute atomic E-state index is 0.0162. The van der Waals surface area contributed by atoms with Gasteiger partial charge >= 0.3 is 0 Å². The highest BCUT2D eigenvalue weighted by Crippen LogP contribution is 2.37. The molecule has 0 amide bonds. The maximum absolute atomic E-state index is 9.89. The Morgan fingerprint density at radius 2 is 1.97 bits per heavy atom. The summed E-state index contributed by atoms with van der Waals surface area (Å²) in [6.45, 7) is 3.36. The zero-order valence-electron chi connectivity index (χ0n) is 16.7. The van der Waals surface area contributed by atoms with Gasteiger partial charge in [0.2, 0.25) is 0 Å². The van der Waals surface area contributed by atoms with Crippen molar-refractivity contribution < 1.29 is 5.11 Å². The highest BCUT2D eigenvalue weighted by atomic mass is 35.5. The van der Waals surface area contributed by atoms with E-state index in [-0.39, 0.29) is 6.61 Å². The Morgan fingerprint density at radius 1 is 1.20 bits per heavy atom. The Balaban J connectivity index is 1.44. The number of thiazole rings is 1. The normalized spacial score (nSPS) is 15.7. The molecule has 3 heterocycles. The third kappa shape index (κ3) is 4.17. The summed E-state index contributed by atoms with van der Waals surface area (Å²) in [5.41, 5.74) is 2.15. The third-order valence-corrected chi connectivity index (χ3v) is 7.21. The van der Waals surface area contributed by atoms with Crippen LogP contribution in [-0.2, 0) is 13.0 Å². The minimum Gasteiger partial charge on any atom is -0.391 e. The number of benzene rings is 1. The number of piperidine rings is 1. The molecule has 30 heavy (non-hydrogen) atoms. The molecule has 1 aliphatic heterocycles. The molecule has 0 bridgehead atoms. The molecule has 1 fully saturated rings. The first-order chi connectivity index (χ1) is 14.5. The average molecular weight is 440 g/mol. The van der Waals surface area contributed by atoms with Crippen molar-refractivity contribution in [2.24, 2.45) is 5.41 Å². The van der Waals surface area contributed by atoms with Crippen molar-refractivity contribution >= 4 is 28.8 Å². The molecule has 154 valence electrons. The lowest BCUT2D eigenvalue weighted by molar-refractivity contribution is 0.284. The van der Waals surface area contributed by atoms with Gasteiger partial charge in [0.15, 0.2) is 5.82 Å². The molecule has 1 aliphatic rings. The van der Waals surface area contributed by atoms with Gasteiger partial charge in [-0.3, -0.25) is 0 Å². The number of hydrogen-bond acceptors (Lipinski definition) is 7. The number of anilines is 1. The van der Waals surface area contributed by atoms with Gasteiger partial charge in [-0.1, -0.05) is 29.8 Å². The van der Waals surface area contributed by atoms with Gasteiger partial charge < -0.3 is 10.0 Å². The monoisotopic (exact) mass is 439 g/mol. The Morgan fingerprint density at radius 3 is 2.57 bits per heavy atom. The van der Waals surface area contributed by atoms with Crippen LogP contribution in [0.3, 0.4) is 0 Å². The van der Waals surface area contributed by atoms with E-state index in [2.05, 4.69) is 26.2 Å². The number of aryl methyl sites for hydroxylation is 1. The van der Waals surface area contributed by atoms with Gasteiger partial charge in [0, 0.05) is 18.1 Å². The third-order valence-electron chi connectivity index (χ3n) is 5.67. The average Bonchev–Trinajstić information content (AvgIpc) is 3.17. The van der Waals surface area contributed by atoms with E-state index in [0.717, 1.165) is 57.9 Å². The molecule has 0 radical (unpaired) electrons. The van der Waals surface area contributed by atoms with Gasteiger partial charge in [-0.2, -0.15) is 5.26 Å². The van der Waals surface area contributed by atoms with Crippen LogP contribution in [-0.4, -0.2) is 33.4 Å². The van der Waals surface area contributed by atoms with Gasteiger partial charge in [-0.15, -0.1) is 21.5 Å². The molecular weight excluding hydrogens is 418 g/mol. The topological polar surface area (TPSA) is 85.9 Å². The van der Waals surface area contributed by atoms with Crippen LogP contribution >= 0.6 is 22.9 Å². The van der Waals surface area contributed by atoms with Crippen LogP contribution < -0.4 is 4.90 Å². The molecule has 2 aromatic heterocycles. The maximum Gasteiger partial charge on any atom is 0.151 e. The molecule has 0 unspecified atom stereocenters. The number of nitriles is 1. The highest BCUT2D eigenvalue weighted by Gasteiger charge is 2.36. The van der Waals surface area contributed by atoms with Crippen LogP contribution in [0.5, 0.6) is 0 Å². The number of nitrogens with zero attached hydrogens (tertiary/aromatic N) is 5. The summed E-state index contributed by atoms with van der Waals surface area (Å²) in [5, 5.41) is 29.5. The van der Waals surface area contributed by atoms with Crippen molar-refractivity contribution in [3.63, 3.8) is 0 Å². The van der Waals surface area contributed by atoms with E-state index in [1.54, 1.807) is 0 Å². The smallest absolute Gasteiger partial charge is 0.151 e. The van der Waals surface area contributed by atoms with Crippen molar-refractivity contribution in [2.45, 2.75) is 32.8 Å². The lowest BCUT2D eigenvalue weighted by Crippen LogP contribution is -2.41. The quantitative estimate of drug-likeness (QED) is 0.633. The molecule has 1 saturated heterocycles. The summed E-state index contributed by atoms with van der Waals surface area (Å²) in [6.07, 6.45) is 2.17. The van der Waals surface area contributed by atoms with Crippen LogP contribution in [0.4, 0.5) is 5.82 Å². The molecule has 0 atom stereocenters. The predicted octanol–water partition coefficient (Wildman–Crippen LogP) is 4.41. The lowest BCUT2D eigenvalue weighted by atomic mass is 9.75. The molecule has 1 N–H and O–H groups in total. The van der Waals surface area contributed by atoms with Gasteiger partial charge in [0.05, 0.1) is 28.7 Å². The summed E-state index contributed by atoms with van der Waals surface area (Å²) < 4.78 is 0. The summed E-state index contributed by atoms with van der Waals surface area (Å²) in [4.78, 5) is 7.48. The van der Waals surface area contributed by atoms with Crippen LogP contribution in [0, 0.1) is 23.7 Å². The van der Waals surface area contributed by atoms with Gasteiger partial charge in [-0.05, 0) is 49.9 Å². The summed E-state index contributed by atoms with van der Waals surface area (Å²) in [6, 6.07) is 14.2. The summed E-state index contributed by atoms with van der Waals surface area (Å²) in [5.74, 6) is 0.804. The van der Waals surface area contributed by atoms with Crippen LogP contribution in [0.1, 0.15) is 29.0 Å². The Kier molecular flexibility index (Phi) is 6.00. The molecule has 4 rings (SSSR count). The van der Waals surface area contributed by atoms with Gasteiger partial charge in [-0.25, -0.2) is 4.98 Å². The lowest BCUT2D eigenvalue weighted by Gasteiger charge is -2.38. The van der Waals surface area contributed by atoms with E-state index in [9.17, 15) is 10.4 Å². The molecule has 0 aliphatic carbocycles. The second-order valence-corrected chi connectivity index (χ2v) is 9.10. The Hall–Kier alpha value is -2.53. The fourth-order valence-electron chi connectivity index (χ4n) is 3.79. The fraction of sp³-hybridized carbons (Fsp3) is 0.364. The van der Waals surface area contributed by atoms with Crippen LogP contribution in [0.15, 0.2) is 36.4 Å². The fourth-order valence-corrected chi connectivity index (χ4v) is 4.88. The van der Waals surface area contributed by atoms with Crippen molar-refractivity contribution in [1.29, 1.82) is 5.26 Å². The van der Waals surface area contributed by atoms with Gasteiger partial charge in [0.1, 0.15) is 10.7 Å². The maximum atomic E-state index is 9.89. The zero-order valence-corrected chi connectivity index (χ0v) is 18.2. The number of hydrogen-bond donors (Lipinski definition) is 1. The first-order valence-corrected chi connectivity index (χ1v) is 11.0. The standard InChI is InChI=1S/C22H22ClN5OS/c1-15-19(13-29)30-21(25-15)18-6-7-20(27-26-18)28-10-8-22(14-24,9-11-28)12-16-4-2-3-5-17(16)23/h2-7,29H,8-13H2,1H3. The van der Waals surface area contributed by atoms with Crippen molar-refractivity contribution in [1.82, 2.24) is 15.2 Å². The van der Waals surface area contributed by atoms with Crippen molar-refractivity contribution in [2.75, 3.05) is 18.0 Å². The first-order valence-electron chi connectivity index (χ1n) is 9.84. The molecule has 1 aromatic carbocycles. The molecule has 0 saturated carbocycles. The molecular formula is C22H22ClN5OS. The second kappa shape index (κ2) is 8.68. The second-order valence-electron chi connectivity index (χ2n) is 7.61. The van der Waals surface area contributed by atoms with E-state index in [1.165, 1.54) is 11.3 Å². The number of aromatic nitrogens is 3. The molecule has 0 spiro atoms. The number of halogens is 1. The van der Waals surface area contributed by atoms with Crippen LogP contribution in [0.2, 0.25) is 5.02 Å². The van der Waals surface area contributed by atoms with Crippen molar-refractivity contribution in [3.8, 4) is 16.8 Å². The first kappa shape index (κ1) is 20.7. The Bertz CT molecular complexity index is 1070. The molecule has 6 nitrogen and oxygen atoms in total. The largest absolute Gasteiger partial charge is 0.391 e. The van der Waals surface area contributed by atoms with E-state index in [0.29, 0.717) is 12.1 Å². The predicted molar refractivity (Wildman–Crippen MR) is 118 cm³/mol. The zero-order chi connectivity index (χ0) is 21.1. The number of aliphatic hydroxyl groups is 1. The van der Waals surface area contributed by atoms with Crippen molar-refractivity contribution in [3.05, 3.63) is 57.6 Å². The highest BCUT2D eigenvalue weighted by molar-refractivity contribution is 7.15. The Labute approximate surface area is 184 Å². The summed E-state index contributed by atoms with van der Waals surface area (Å²) >= 11 is 7.75. The van der Waals surface area contributed by atoms with Gasteiger partial charge in [0.25, 0.3) is 0 Å². The van der Waals surface area contributed by atoms with Crippen LogP contribution in [0.25, 0.3) is 10.7 Å². The van der Waals surface area contributed by atoms with E-state index in [1.807, 2.05) is 43.3 Å². The van der Waals surface area contributed by atoms with E-state index in [4.69, 9.17) is 11.6 Å². The van der Waals surface area contributed by atoms with E-state index >= 15 is 0 Å². The number of aliphatic hydroxyl groups excluding tert-OH is 1. The SMILES string of the molecule is Cc1nc(-c2ccc(N3CCC(C#N)(Cc4ccccc4Cl)CC3)nn2)sc1CO. The molecule has 3 aromatic rings. The summed E-state index contributed by atoms with van der Waals surface area (Å²) in [7, 11) is 0. The minimum atomic E-state index is -0.409. The number of rotatable bonds is 5. The van der Waals surface area contributed by atoms with E-state index < -0.39 is 5.41 Å². The molecule has 8 heteroatoms.